The maximum atomic E-state index is 13.3. The zero-order valence-corrected chi connectivity index (χ0v) is 21.7. The highest BCUT2D eigenvalue weighted by atomic mass is 16.6. The molecule has 0 aromatic heterocycles. The van der Waals surface area contributed by atoms with Crippen molar-refractivity contribution in [1.82, 2.24) is 15.5 Å². The van der Waals surface area contributed by atoms with E-state index in [4.69, 9.17) is 4.74 Å². The topological polar surface area (TPSA) is 108 Å². The average molecular weight is 518 g/mol. The van der Waals surface area contributed by atoms with Gasteiger partial charge >= 0.3 is 6.09 Å². The van der Waals surface area contributed by atoms with Gasteiger partial charge in [-0.05, 0) is 47.9 Å². The van der Waals surface area contributed by atoms with Crippen molar-refractivity contribution in [3.8, 4) is 11.1 Å². The Bertz CT molecular complexity index is 1190. The second kappa shape index (κ2) is 11.0. The molecule has 2 fully saturated rings. The molecule has 3 N–H and O–H groups in total. The number of aliphatic hydroxyl groups is 1. The summed E-state index contributed by atoms with van der Waals surface area (Å²) in [5.74, 6) is -0.983. The zero-order valence-electron chi connectivity index (χ0n) is 21.7. The molecule has 3 atom stereocenters. The van der Waals surface area contributed by atoms with E-state index >= 15 is 0 Å². The molecule has 0 spiro atoms. The van der Waals surface area contributed by atoms with Crippen molar-refractivity contribution >= 4 is 17.9 Å². The van der Waals surface area contributed by atoms with Gasteiger partial charge in [-0.25, -0.2) is 4.79 Å². The van der Waals surface area contributed by atoms with Gasteiger partial charge in [-0.3, -0.25) is 14.5 Å². The maximum Gasteiger partial charge on any atom is 0.410 e. The molecule has 8 nitrogen and oxygen atoms in total. The third kappa shape index (κ3) is 5.31. The lowest BCUT2D eigenvalue weighted by Crippen LogP contribution is -2.55. The molecule has 3 aliphatic rings. The maximum absolute atomic E-state index is 13.3. The fraction of sp³-hybridized carbons (Fsp3) is 0.433. The highest BCUT2D eigenvalue weighted by molar-refractivity contribution is 5.89. The molecular weight excluding hydrogens is 482 g/mol. The lowest BCUT2D eigenvalue weighted by atomic mass is 9.98. The number of hydrogen-bond donors (Lipinski definition) is 3. The smallest absolute Gasteiger partial charge is 0.410 e. The summed E-state index contributed by atoms with van der Waals surface area (Å²) in [6, 6.07) is 14.8. The first-order valence-electron chi connectivity index (χ1n) is 13.4. The number of ether oxygens (including phenoxy) is 1. The van der Waals surface area contributed by atoms with E-state index in [2.05, 4.69) is 41.5 Å². The summed E-state index contributed by atoms with van der Waals surface area (Å²) < 4.78 is 5.79. The number of nitrogens with zero attached hydrogens (tertiary/aromatic N) is 1. The van der Waals surface area contributed by atoms with E-state index in [1.54, 1.807) is 0 Å². The summed E-state index contributed by atoms with van der Waals surface area (Å²) in [7, 11) is 0. The quantitative estimate of drug-likeness (QED) is 0.442. The summed E-state index contributed by atoms with van der Waals surface area (Å²) >= 11 is 0. The normalized spacial score (nSPS) is 19.9. The number of hydrogen-bond acceptors (Lipinski definition) is 5. The minimum atomic E-state index is -1.35. The summed E-state index contributed by atoms with van der Waals surface area (Å²) in [6.07, 6.45) is 1.29. The number of likely N-dealkylation sites (tertiary alicyclic amines) is 1. The number of fused-ring (bicyclic) bond motifs is 3. The molecule has 2 aromatic carbocycles. The van der Waals surface area contributed by atoms with Crippen molar-refractivity contribution in [2.45, 2.75) is 69.2 Å². The molecule has 38 heavy (non-hydrogen) atoms. The van der Waals surface area contributed by atoms with Gasteiger partial charge in [-0.2, -0.15) is 0 Å². The number of amides is 3. The Labute approximate surface area is 223 Å². The van der Waals surface area contributed by atoms with Crippen molar-refractivity contribution in [3.63, 3.8) is 0 Å². The molecule has 3 unspecified atom stereocenters. The molecule has 5 rings (SSSR count). The Morgan fingerprint density at radius 1 is 1.08 bits per heavy atom. The number of rotatable bonds is 9. The first kappa shape index (κ1) is 26.0. The van der Waals surface area contributed by atoms with Crippen LogP contribution in [0.3, 0.4) is 0 Å². The van der Waals surface area contributed by atoms with Gasteiger partial charge in [0, 0.05) is 18.5 Å². The first-order chi connectivity index (χ1) is 18.4. The van der Waals surface area contributed by atoms with Crippen LogP contribution in [0.25, 0.3) is 11.1 Å². The van der Waals surface area contributed by atoms with Crippen molar-refractivity contribution in [3.05, 3.63) is 71.8 Å². The van der Waals surface area contributed by atoms with Crippen LogP contribution < -0.4 is 10.6 Å². The van der Waals surface area contributed by atoms with Crippen molar-refractivity contribution in [1.29, 1.82) is 0 Å². The van der Waals surface area contributed by atoms with Crippen LogP contribution in [-0.2, 0) is 14.3 Å². The highest BCUT2D eigenvalue weighted by Crippen LogP contribution is 2.44. The Balaban J connectivity index is 1.25. The summed E-state index contributed by atoms with van der Waals surface area (Å²) in [5.41, 5.74) is 5.26. The number of carbonyl (C=O) groups is 3. The van der Waals surface area contributed by atoms with Gasteiger partial charge in [0.05, 0.1) is 6.04 Å². The Kier molecular flexibility index (Phi) is 7.51. The minimum absolute atomic E-state index is 0.0847. The molecule has 200 valence electrons. The van der Waals surface area contributed by atoms with Gasteiger partial charge in [0.1, 0.15) is 12.6 Å². The molecule has 1 heterocycles. The fourth-order valence-electron chi connectivity index (χ4n) is 5.50. The second-order valence-electron chi connectivity index (χ2n) is 10.5. The minimum Gasteiger partial charge on any atom is -0.448 e. The van der Waals surface area contributed by atoms with E-state index < -0.39 is 36.1 Å². The van der Waals surface area contributed by atoms with Gasteiger partial charge in [0.15, 0.2) is 6.10 Å². The Morgan fingerprint density at radius 2 is 1.71 bits per heavy atom. The predicted molar refractivity (Wildman–Crippen MR) is 143 cm³/mol. The Morgan fingerprint density at radius 3 is 2.32 bits per heavy atom. The SMILES string of the molecule is C=C1CC(C(=O)NC(CCC)C(O)C(=O)NC2CC2)N(C(=O)OCC2c3ccccc3-c3ccccc32)C1. The zero-order chi connectivity index (χ0) is 26.8. The summed E-state index contributed by atoms with van der Waals surface area (Å²) in [4.78, 5) is 40.3. The van der Waals surface area contributed by atoms with Crippen LogP contribution in [0.15, 0.2) is 60.7 Å². The standard InChI is InChI=1S/C30H35N3O5/c1-3-8-25(27(34)29(36)31-19-13-14-19)32-28(35)26-15-18(2)16-33(26)30(37)38-17-24-22-11-6-4-9-20(22)21-10-5-7-12-23(21)24/h4-7,9-12,19,24-27,34H,2-3,8,13-17H2,1H3,(H,31,36)(H,32,35). The number of carbonyl (C=O) groups excluding carboxylic acids is 3. The van der Waals surface area contributed by atoms with Crippen LogP contribution in [0.1, 0.15) is 56.1 Å². The molecule has 1 saturated heterocycles. The first-order valence-corrected chi connectivity index (χ1v) is 13.4. The Hall–Kier alpha value is -3.65. The van der Waals surface area contributed by atoms with E-state index in [-0.39, 0.29) is 25.1 Å². The third-order valence-electron chi connectivity index (χ3n) is 7.63. The molecule has 2 aliphatic carbocycles. The van der Waals surface area contributed by atoms with Gasteiger partial charge in [0.25, 0.3) is 5.91 Å². The molecule has 0 bridgehead atoms. The summed E-state index contributed by atoms with van der Waals surface area (Å²) in [6.45, 7) is 6.29. The van der Waals surface area contributed by atoms with E-state index in [1.165, 1.54) is 4.90 Å². The lowest BCUT2D eigenvalue weighted by Gasteiger charge is -2.28. The average Bonchev–Trinajstić information content (AvgIpc) is 3.56. The molecule has 2 aromatic rings. The van der Waals surface area contributed by atoms with Crippen LogP contribution in [0, 0.1) is 0 Å². The van der Waals surface area contributed by atoms with Crippen molar-refractivity contribution in [2.75, 3.05) is 13.2 Å². The molecule has 0 radical (unpaired) electrons. The highest BCUT2D eigenvalue weighted by Gasteiger charge is 2.40. The predicted octanol–water partition coefficient (Wildman–Crippen LogP) is 3.49. The van der Waals surface area contributed by atoms with Crippen LogP contribution >= 0.6 is 0 Å². The van der Waals surface area contributed by atoms with Crippen LogP contribution in [0.5, 0.6) is 0 Å². The molecule has 8 heteroatoms. The van der Waals surface area contributed by atoms with Crippen molar-refractivity contribution < 1.29 is 24.2 Å². The molecule has 1 aliphatic heterocycles. The van der Waals surface area contributed by atoms with Gasteiger partial charge in [-0.15, -0.1) is 0 Å². The monoisotopic (exact) mass is 517 g/mol. The second-order valence-corrected chi connectivity index (χ2v) is 10.5. The van der Waals surface area contributed by atoms with Gasteiger partial charge in [-0.1, -0.05) is 74.0 Å². The molecule has 1 saturated carbocycles. The summed E-state index contributed by atoms with van der Waals surface area (Å²) in [5, 5.41) is 16.2. The fourth-order valence-corrected chi connectivity index (χ4v) is 5.50. The number of aliphatic hydroxyl groups excluding tert-OH is 1. The lowest BCUT2D eigenvalue weighted by molar-refractivity contribution is -0.133. The largest absolute Gasteiger partial charge is 0.448 e. The van der Waals surface area contributed by atoms with E-state index in [0.29, 0.717) is 19.3 Å². The van der Waals surface area contributed by atoms with Crippen LogP contribution in [0.4, 0.5) is 4.79 Å². The van der Waals surface area contributed by atoms with Gasteiger partial charge in [0.2, 0.25) is 5.91 Å². The van der Waals surface area contributed by atoms with Gasteiger partial charge < -0.3 is 20.5 Å². The number of nitrogens with one attached hydrogen (secondary N) is 2. The van der Waals surface area contributed by atoms with Crippen LogP contribution in [0.2, 0.25) is 0 Å². The van der Waals surface area contributed by atoms with Crippen LogP contribution in [-0.4, -0.2) is 65.3 Å². The third-order valence-corrected chi connectivity index (χ3v) is 7.63. The van der Waals surface area contributed by atoms with E-state index in [0.717, 1.165) is 40.7 Å². The number of benzene rings is 2. The van der Waals surface area contributed by atoms with E-state index in [1.807, 2.05) is 31.2 Å². The van der Waals surface area contributed by atoms with Crippen molar-refractivity contribution in [2.24, 2.45) is 0 Å². The van der Waals surface area contributed by atoms with E-state index in [9.17, 15) is 19.5 Å². The molecular formula is C30H35N3O5. The molecule has 3 amide bonds.